The molecule has 0 radical (unpaired) electrons. The second kappa shape index (κ2) is 7.95. The number of hydrogen-bond acceptors (Lipinski definition) is 3. The lowest BCUT2D eigenvalue weighted by Crippen LogP contribution is -2.46. The summed E-state index contributed by atoms with van der Waals surface area (Å²) in [7, 11) is 0. The second-order valence-electron chi connectivity index (χ2n) is 7.12. The van der Waals surface area contributed by atoms with Gasteiger partial charge in [0.2, 0.25) is 5.91 Å². The summed E-state index contributed by atoms with van der Waals surface area (Å²) in [5.74, 6) is 0.442. The van der Waals surface area contributed by atoms with Crippen molar-refractivity contribution in [1.29, 1.82) is 0 Å². The summed E-state index contributed by atoms with van der Waals surface area (Å²) in [6.45, 7) is 5.89. The number of aromatic nitrogens is 2. The Morgan fingerprint density at radius 2 is 2.09 bits per heavy atom. The number of amides is 1. The van der Waals surface area contributed by atoms with E-state index in [9.17, 15) is 4.79 Å². The number of rotatable bonds is 5. The third-order valence-corrected chi connectivity index (χ3v) is 5.24. The quantitative estimate of drug-likeness (QED) is 0.908. The van der Waals surface area contributed by atoms with Crippen molar-refractivity contribution in [3.8, 4) is 0 Å². The van der Waals surface area contributed by atoms with Gasteiger partial charge in [-0.25, -0.2) is 0 Å². The molecule has 128 valence electrons. The van der Waals surface area contributed by atoms with Gasteiger partial charge in [0.1, 0.15) is 0 Å². The van der Waals surface area contributed by atoms with E-state index in [0.29, 0.717) is 6.04 Å². The molecular weight excluding hydrogens is 288 g/mol. The second-order valence-corrected chi connectivity index (χ2v) is 7.12. The Balaban J connectivity index is 1.49. The van der Waals surface area contributed by atoms with Crippen LogP contribution in [0.25, 0.3) is 0 Å². The van der Waals surface area contributed by atoms with Gasteiger partial charge in [-0.3, -0.25) is 14.4 Å². The molecule has 2 heterocycles. The molecule has 5 heteroatoms. The van der Waals surface area contributed by atoms with E-state index >= 15 is 0 Å². The molecule has 23 heavy (non-hydrogen) atoms. The fourth-order valence-corrected chi connectivity index (χ4v) is 3.90. The van der Waals surface area contributed by atoms with E-state index in [2.05, 4.69) is 28.4 Å². The third kappa shape index (κ3) is 4.56. The average Bonchev–Trinajstić information content (AvgIpc) is 3.03. The zero-order valence-electron chi connectivity index (χ0n) is 14.3. The predicted molar refractivity (Wildman–Crippen MR) is 90.9 cm³/mol. The molecule has 1 N–H and O–H groups in total. The molecule has 5 nitrogen and oxygen atoms in total. The van der Waals surface area contributed by atoms with Crippen molar-refractivity contribution < 1.29 is 4.79 Å². The third-order valence-electron chi connectivity index (χ3n) is 5.24. The standard InChI is InChI=1S/C18H30N4O/c1-2-22-13-15(11-19-22)12-21-10-6-7-16(14-21)18(23)20-17-8-4-3-5-9-17/h11,13,16-17H,2-10,12,14H2,1H3,(H,20,23)/t16-/m1/s1. The number of nitrogens with one attached hydrogen (secondary N) is 1. The van der Waals surface area contributed by atoms with Gasteiger partial charge < -0.3 is 5.32 Å². The molecule has 1 aliphatic heterocycles. The lowest BCUT2D eigenvalue weighted by atomic mass is 9.93. The number of hydrogen-bond donors (Lipinski definition) is 1. The average molecular weight is 318 g/mol. The van der Waals surface area contributed by atoms with E-state index in [0.717, 1.165) is 39.0 Å². The van der Waals surface area contributed by atoms with Crippen LogP contribution in [0.5, 0.6) is 0 Å². The predicted octanol–water partition coefficient (Wildman–Crippen LogP) is 2.56. The minimum absolute atomic E-state index is 0.159. The Labute approximate surface area is 139 Å². The molecule has 2 aliphatic rings. The summed E-state index contributed by atoms with van der Waals surface area (Å²) in [5, 5.41) is 7.65. The van der Waals surface area contributed by atoms with E-state index in [1.807, 2.05) is 10.9 Å². The first-order valence-corrected chi connectivity index (χ1v) is 9.28. The molecular formula is C18H30N4O. The minimum atomic E-state index is 0.159. The van der Waals surface area contributed by atoms with Gasteiger partial charge in [-0.05, 0) is 39.2 Å². The molecule has 1 saturated heterocycles. The Morgan fingerprint density at radius 1 is 1.26 bits per heavy atom. The molecule has 1 aliphatic carbocycles. The van der Waals surface area contributed by atoms with Crippen LogP contribution in [0.1, 0.15) is 57.4 Å². The number of piperidine rings is 1. The van der Waals surface area contributed by atoms with Crippen LogP contribution >= 0.6 is 0 Å². The van der Waals surface area contributed by atoms with Crippen molar-refractivity contribution >= 4 is 5.91 Å². The zero-order valence-corrected chi connectivity index (χ0v) is 14.3. The normalized spacial score (nSPS) is 23.8. The Bertz CT molecular complexity index is 507. The molecule has 1 aromatic heterocycles. The van der Waals surface area contributed by atoms with E-state index in [1.54, 1.807) is 0 Å². The highest BCUT2D eigenvalue weighted by Gasteiger charge is 2.27. The van der Waals surface area contributed by atoms with Crippen molar-refractivity contribution in [1.82, 2.24) is 20.0 Å². The van der Waals surface area contributed by atoms with Crippen LogP contribution in [0.4, 0.5) is 0 Å². The van der Waals surface area contributed by atoms with E-state index in [1.165, 1.54) is 37.7 Å². The molecule has 0 bridgehead atoms. The maximum Gasteiger partial charge on any atom is 0.224 e. The Hall–Kier alpha value is -1.36. The van der Waals surface area contributed by atoms with Crippen LogP contribution < -0.4 is 5.32 Å². The fraction of sp³-hybridized carbons (Fsp3) is 0.778. The first-order chi connectivity index (χ1) is 11.2. The Morgan fingerprint density at radius 3 is 2.83 bits per heavy atom. The number of nitrogens with zero attached hydrogens (tertiary/aromatic N) is 3. The number of likely N-dealkylation sites (tertiary alicyclic amines) is 1. The molecule has 0 spiro atoms. The van der Waals surface area contributed by atoms with Gasteiger partial charge in [-0.2, -0.15) is 5.10 Å². The monoisotopic (exact) mass is 318 g/mol. The number of aryl methyl sites for hydroxylation is 1. The van der Waals surface area contributed by atoms with Gasteiger partial charge >= 0.3 is 0 Å². The van der Waals surface area contributed by atoms with Crippen LogP contribution in [0, 0.1) is 5.92 Å². The van der Waals surface area contributed by atoms with Crippen molar-refractivity contribution in [2.24, 2.45) is 5.92 Å². The number of carbonyl (C=O) groups excluding carboxylic acids is 1. The first-order valence-electron chi connectivity index (χ1n) is 9.28. The lowest BCUT2D eigenvalue weighted by Gasteiger charge is -2.33. The molecule has 0 unspecified atom stereocenters. The minimum Gasteiger partial charge on any atom is -0.353 e. The van der Waals surface area contributed by atoms with E-state index in [-0.39, 0.29) is 11.8 Å². The Kier molecular flexibility index (Phi) is 5.70. The van der Waals surface area contributed by atoms with Crippen LogP contribution in [0.2, 0.25) is 0 Å². The molecule has 1 amide bonds. The SMILES string of the molecule is CCn1cc(CN2CCC[C@@H](C(=O)NC3CCCCC3)C2)cn1. The summed E-state index contributed by atoms with van der Waals surface area (Å²) in [6.07, 6.45) is 12.4. The largest absolute Gasteiger partial charge is 0.353 e. The van der Waals surface area contributed by atoms with Gasteiger partial charge in [0.05, 0.1) is 12.1 Å². The molecule has 1 aromatic rings. The van der Waals surface area contributed by atoms with Crippen LogP contribution in [0.3, 0.4) is 0 Å². The summed E-state index contributed by atoms with van der Waals surface area (Å²) in [6, 6.07) is 0.425. The van der Waals surface area contributed by atoms with Gasteiger partial charge in [-0.1, -0.05) is 19.3 Å². The summed E-state index contributed by atoms with van der Waals surface area (Å²) in [5.41, 5.74) is 1.25. The van der Waals surface area contributed by atoms with Crippen molar-refractivity contribution in [2.45, 2.75) is 71.0 Å². The smallest absolute Gasteiger partial charge is 0.224 e. The number of carbonyl (C=O) groups is 1. The highest BCUT2D eigenvalue weighted by atomic mass is 16.2. The summed E-state index contributed by atoms with van der Waals surface area (Å²) in [4.78, 5) is 15.0. The zero-order chi connectivity index (χ0) is 16.1. The van der Waals surface area contributed by atoms with Crippen molar-refractivity contribution in [3.05, 3.63) is 18.0 Å². The maximum atomic E-state index is 12.6. The summed E-state index contributed by atoms with van der Waals surface area (Å²) < 4.78 is 1.96. The van der Waals surface area contributed by atoms with Crippen LogP contribution in [-0.2, 0) is 17.9 Å². The van der Waals surface area contributed by atoms with Gasteiger partial charge in [0, 0.05) is 37.4 Å². The first kappa shape index (κ1) is 16.5. The van der Waals surface area contributed by atoms with Gasteiger partial charge in [-0.15, -0.1) is 0 Å². The maximum absolute atomic E-state index is 12.6. The highest BCUT2D eigenvalue weighted by Crippen LogP contribution is 2.21. The topological polar surface area (TPSA) is 50.2 Å². The highest BCUT2D eigenvalue weighted by molar-refractivity contribution is 5.79. The molecule has 0 aromatic carbocycles. The van der Waals surface area contributed by atoms with E-state index < -0.39 is 0 Å². The van der Waals surface area contributed by atoms with Gasteiger partial charge in [0.25, 0.3) is 0 Å². The van der Waals surface area contributed by atoms with Gasteiger partial charge in [0.15, 0.2) is 0 Å². The molecule has 3 rings (SSSR count). The van der Waals surface area contributed by atoms with Crippen LogP contribution in [0.15, 0.2) is 12.4 Å². The fourth-order valence-electron chi connectivity index (χ4n) is 3.90. The molecule has 2 fully saturated rings. The van der Waals surface area contributed by atoms with E-state index in [4.69, 9.17) is 0 Å². The molecule has 1 saturated carbocycles. The lowest BCUT2D eigenvalue weighted by molar-refractivity contribution is -0.127. The van der Waals surface area contributed by atoms with Crippen molar-refractivity contribution in [2.75, 3.05) is 13.1 Å². The summed E-state index contributed by atoms with van der Waals surface area (Å²) >= 11 is 0. The van der Waals surface area contributed by atoms with Crippen molar-refractivity contribution in [3.63, 3.8) is 0 Å². The molecule has 1 atom stereocenters. The van der Waals surface area contributed by atoms with Crippen LogP contribution in [-0.4, -0.2) is 39.7 Å².